The Balaban J connectivity index is 1.87. The van der Waals surface area contributed by atoms with Crippen LogP contribution in [-0.4, -0.2) is 4.98 Å². The molecule has 0 saturated heterocycles. The molecule has 2 aromatic carbocycles. The zero-order valence-electron chi connectivity index (χ0n) is 11.1. The van der Waals surface area contributed by atoms with Crippen molar-refractivity contribution < 1.29 is 0 Å². The van der Waals surface area contributed by atoms with Crippen LogP contribution in [0, 0.1) is 11.8 Å². The van der Waals surface area contributed by atoms with Crippen LogP contribution in [0.15, 0.2) is 42.5 Å². The fourth-order valence-corrected chi connectivity index (χ4v) is 3.17. The number of rotatable bonds is 2. The van der Waals surface area contributed by atoms with Gasteiger partial charge in [-0.3, -0.25) is 0 Å². The average Bonchev–Trinajstić information content (AvgIpc) is 3.05. The van der Waals surface area contributed by atoms with E-state index in [0.717, 1.165) is 5.92 Å². The molecule has 1 aliphatic carbocycles. The van der Waals surface area contributed by atoms with E-state index >= 15 is 0 Å². The van der Waals surface area contributed by atoms with Crippen molar-refractivity contribution in [2.75, 3.05) is 0 Å². The fraction of sp³-hybridized carbons (Fsp3) is 0.294. The van der Waals surface area contributed by atoms with Crippen LogP contribution in [0.2, 0.25) is 0 Å². The molecule has 0 amide bonds. The number of H-pyrrole nitrogens is 1. The van der Waals surface area contributed by atoms with E-state index in [1.54, 1.807) is 0 Å². The highest BCUT2D eigenvalue weighted by atomic mass is 14.7. The lowest BCUT2D eigenvalue weighted by Crippen LogP contribution is -2.13. The summed E-state index contributed by atoms with van der Waals surface area (Å²) in [5.41, 5.74) is 10.0. The van der Waals surface area contributed by atoms with Crippen LogP contribution < -0.4 is 5.73 Å². The quantitative estimate of drug-likeness (QED) is 0.709. The van der Waals surface area contributed by atoms with Gasteiger partial charge in [-0.15, -0.1) is 0 Å². The normalized spacial score (nSPS) is 23.9. The van der Waals surface area contributed by atoms with Gasteiger partial charge in [-0.1, -0.05) is 31.2 Å². The summed E-state index contributed by atoms with van der Waals surface area (Å²) in [4.78, 5) is 3.46. The standard InChI is InChI=1S/C17H18N2/c1-10-8-13(10)17(18)11-6-7-16-14(9-11)12-4-2-3-5-15(12)19-16/h2-7,9-10,13,17,19H,8,18H2,1H3. The maximum atomic E-state index is 6.38. The molecule has 1 saturated carbocycles. The van der Waals surface area contributed by atoms with Crippen LogP contribution in [0.1, 0.15) is 24.9 Å². The lowest BCUT2D eigenvalue weighted by atomic mass is 10.00. The zero-order chi connectivity index (χ0) is 13.0. The average molecular weight is 250 g/mol. The number of nitrogens with one attached hydrogen (secondary N) is 1. The molecule has 3 atom stereocenters. The molecule has 1 aliphatic rings. The summed E-state index contributed by atoms with van der Waals surface area (Å²) in [5.74, 6) is 1.45. The van der Waals surface area contributed by atoms with Gasteiger partial charge in [0, 0.05) is 27.8 Å². The van der Waals surface area contributed by atoms with Gasteiger partial charge >= 0.3 is 0 Å². The zero-order valence-corrected chi connectivity index (χ0v) is 11.1. The summed E-state index contributed by atoms with van der Waals surface area (Å²) >= 11 is 0. The number of nitrogens with two attached hydrogens (primary N) is 1. The molecule has 1 fully saturated rings. The van der Waals surface area contributed by atoms with Crippen molar-refractivity contribution in [3.05, 3.63) is 48.0 Å². The van der Waals surface area contributed by atoms with E-state index in [2.05, 4.69) is 54.4 Å². The summed E-state index contributed by atoms with van der Waals surface area (Å²) in [5, 5.41) is 2.58. The van der Waals surface area contributed by atoms with Gasteiger partial charge in [0.1, 0.15) is 0 Å². The lowest BCUT2D eigenvalue weighted by molar-refractivity contribution is 0.594. The number of hydrogen-bond acceptors (Lipinski definition) is 1. The van der Waals surface area contributed by atoms with Gasteiger partial charge in [-0.2, -0.15) is 0 Å². The molecule has 2 heteroatoms. The molecule has 3 N–H and O–H groups in total. The molecular weight excluding hydrogens is 232 g/mol. The first-order chi connectivity index (χ1) is 9.24. The van der Waals surface area contributed by atoms with Crippen molar-refractivity contribution in [3.8, 4) is 0 Å². The van der Waals surface area contributed by atoms with Gasteiger partial charge in [-0.05, 0) is 42.0 Å². The van der Waals surface area contributed by atoms with Crippen LogP contribution in [0.4, 0.5) is 0 Å². The first-order valence-corrected chi connectivity index (χ1v) is 7.00. The Hall–Kier alpha value is -1.80. The first kappa shape index (κ1) is 11.1. The third-order valence-corrected chi connectivity index (χ3v) is 4.55. The van der Waals surface area contributed by atoms with E-state index in [4.69, 9.17) is 5.73 Å². The fourth-order valence-electron chi connectivity index (χ4n) is 3.17. The Morgan fingerprint density at radius 1 is 1.11 bits per heavy atom. The summed E-state index contributed by atoms with van der Waals surface area (Å²) in [6.45, 7) is 2.29. The van der Waals surface area contributed by atoms with Gasteiger partial charge < -0.3 is 10.7 Å². The molecule has 0 aliphatic heterocycles. The summed E-state index contributed by atoms with van der Waals surface area (Å²) in [6, 6.07) is 15.2. The maximum absolute atomic E-state index is 6.38. The Labute approximate surface area is 112 Å². The molecule has 0 radical (unpaired) electrons. The minimum atomic E-state index is 0.188. The Bertz CT molecular complexity index is 756. The number of aromatic amines is 1. The second-order valence-corrected chi connectivity index (χ2v) is 5.88. The number of fused-ring (bicyclic) bond motifs is 3. The Morgan fingerprint density at radius 2 is 1.84 bits per heavy atom. The van der Waals surface area contributed by atoms with Gasteiger partial charge in [0.15, 0.2) is 0 Å². The summed E-state index contributed by atoms with van der Waals surface area (Å²) in [6.07, 6.45) is 1.27. The van der Waals surface area contributed by atoms with Crippen LogP contribution in [0.5, 0.6) is 0 Å². The molecule has 2 nitrogen and oxygen atoms in total. The van der Waals surface area contributed by atoms with E-state index in [9.17, 15) is 0 Å². The van der Waals surface area contributed by atoms with E-state index in [0.29, 0.717) is 5.92 Å². The number of para-hydroxylation sites is 1. The monoisotopic (exact) mass is 250 g/mol. The minimum Gasteiger partial charge on any atom is -0.355 e. The van der Waals surface area contributed by atoms with E-state index in [-0.39, 0.29) is 6.04 Å². The van der Waals surface area contributed by atoms with Crippen LogP contribution >= 0.6 is 0 Å². The van der Waals surface area contributed by atoms with Crippen molar-refractivity contribution in [1.82, 2.24) is 4.98 Å². The first-order valence-electron chi connectivity index (χ1n) is 7.00. The third kappa shape index (κ3) is 1.67. The molecule has 0 bridgehead atoms. The van der Waals surface area contributed by atoms with Gasteiger partial charge in [-0.25, -0.2) is 0 Å². The number of benzene rings is 2. The number of aromatic nitrogens is 1. The van der Waals surface area contributed by atoms with Crippen LogP contribution in [0.3, 0.4) is 0 Å². The second kappa shape index (κ2) is 3.84. The summed E-state index contributed by atoms with van der Waals surface area (Å²) in [7, 11) is 0. The van der Waals surface area contributed by atoms with E-state index in [1.807, 2.05) is 0 Å². The SMILES string of the molecule is CC1CC1C(N)c1ccc2[nH]c3ccccc3c2c1. The van der Waals surface area contributed by atoms with E-state index in [1.165, 1.54) is 33.8 Å². The predicted octanol–water partition coefficient (Wildman–Crippen LogP) is 3.98. The van der Waals surface area contributed by atoms with Gasteiger partial charge in [0.25, 0.3) is 0 Å². The predicted molar refractivity (Wildman–Crippen MR) is 80.0 cm³/mol. The highest BCUT2D eigenvalue weighted by Gasteiger charge is 2.38. The molecule has 4 rings (SSSR count). The van der Waals surface area contributed by atoms with Crippen molar-refractivity contribution in [2.45, 2.75) is 19.4 Å². The van der Waals surface area contributed by atoms with Crippen molar-refractivity contribution >= 4 is 21.8 Å². The van der Waals surface area contributed by atoms with E-state index < -0.39 is 0 Å². The second-order valence-electron chi connectivity index (χ2n) is 5.88. The molecule has 1 heterocycles. The molecule has 0 spiro atoms. The maximum Gasteiger partial charge on any atom is 0.0465 e. The third-order valence-electron chi connectivity index (χ3n) is 4.55. The largest absolute Gasteiger partial charge is 0.355 e. The highest BCUT2D eigenvalue weighted by molar-refractivity contribution is 6.07. The molecule has 19 heavy (non-hydrogen) atoms. The van der Waals surface area contributed by atoms with Crippen LogP contribution in [0.25, 0.3) is 21.8 Å². The Kier molecular flexibility index (Phi) is 2.24. The Morgan fingerprint density at radius 3 is 2.63 bits per heavy atom. The van der Waals surface area contributed by atoms with Gasteiger partial charge in [0.05, 0.1) is 0 Å². The topological polar surface area (TPSA) is 41.8 Å². The molecule has 1 aromatic heterocycles. The molecule has 96 valence electrons. The molecule has 3 unspecified atom stereocenters. The van der Waals surface area contributed by atoms with Gasteiger partial charge in [0.2, 0.25) is 0 Å². The highest BCUT2D eigenvalue weighted by Crippen LogP contribution is 2.46. The van der Waals surface area contributed by atoms with Crippen molar-refractivity contribution in [3.63, 3.8) is 0 Å². The number of hydrogen-bond donors (Lipinski definition) is 2. The lowest BCUT2D eigenvalue weighted by Gasteiger charge is -2.11. The smallest absolute Gasteiger partial charge is 0.0465 e. The van der Waals surface area contributed by atoms with Crippen molar-refractivity contribution in [2.24, 2.45) is 17.6 Å². The molecular formula is C17H18N2. The van der Waals surface area contributed by atoms with Crippen LogP contribution in [-0.2, 0) is 0 Å². The van der Waals surface area contributed by atoms with Crippen molar-refractivity contribution in [1.29, 1.82) is 0 Å². The summed E-state index contributed by atoms with van der Waals surface area (Å²) < 4.78 is 0. The minimum absolute atomic E-state index is 0.188. The molecule has 3 aromatic rings.